The van der Waals surface area contributed by atoms with E-state index >= 15 is 0 Å². The summed E-state index contributed by atoms with van der Waals surface area (Å²) in [7, 11) is 1.94. The minimum Gasteiger partial charge on any atom is -0.307 e. The molecule has 5 heteroatoms. The van der Waals surface area contributed by atoms with Crippen molar-refractivity contribution in [3.8, 4) is 0 Å². The minimum absolute atomic E-state index is 0.379. The summed E-state index contributed by atoms with van der Waals surface area (Å²) in [5.74, 6) is 0. The fourth-order valence-corrected chi connectivity index (χ4v) is 1.34. The quantitative estimate of drug-likeness (QED) is 0.670. The summed E-state index contributed by atoms with van der Waals surface area (Å²) in [5, 5.41) is 2.39. The molecule has 0 rings (SSSR count). The lowest BCUT2D eigenvalue weighted by molar-refractivity contribution is -0.124. The summed E-state index contributed by atoms with van der Waals surface area (Å²) < 4.78 is 35.3. The maximum absolute atomic E-state index is 11.8. The van der Waals surface area contributed by atoms with Crippen LogP contribution in [0.4, 0.5) is 13.2 Å². The molecule has 0 aromatic heterocycles. The van der Waals surface area contributed by atoms with Crippen LogP contribution < -0.4 is 5.32 Å². The molecule has 0 saturated carbocycles. The molecule has 92 valence electrons. The average molecular weight is 226 g/mol. The molecule has 1 N–H and O–H groups in total. The van der Waals surface area contributed by atoms with Crippen LogP contribution in [-0.4, -0.2) is 43.8 Å². The number of halogens is 3. The number of likely N-dealkylation sites (N-methyl/N-ethyl adjacent to an activating group) is 1. The summed E-state index contributed by atoms with van der Waals surface area (Å²) in [6, 6.07) is 0.433. The van der Waals surface area contributed by atoms with Gasteiger partial charge in [-0.3, -0.25) is 0 Å². The Balaban J connectivity index is 3.50. The first kappa shape index (κ1) is 14.7. The maximum Gasteiger partial charge on any atom is 0.401 e. The Morgan fingerprint density at radius 2 is 1.93 bits per heavy atom. The molecule has 0 saturated heterocycles. The Kier molecular flexibility index (Phi) is 6.92. The van der Waals surface area contributed by atoms with Crippen LogP contribution in [0.2, 0.25) is 0 Å². The molecule has 0 radical (unpaired) electrons. The fraction of sp³-hybridized carbons (Fsp3) is 1.00. The summed E-state index contributed by atoms with van der Waals surface area (Å²) in [4.78, 5) is 2.08. The largest absolute Gasteiger partial charge is 0.401 e. The molecule has 1 atom stereocenters. The first-order valence-corrected chi connectivity index (χ1v) is 5.34. The highest BCUT2D eigenvalue weighted by Crippen LogP contribution is 2.11. The first-order chi connectivity index (χ1) is 6.87. The molecule has 0 fully saturated rings. The molecule has 0 aromatic carbocycles. The predicted octanol–water partition coefficient (Wildman–Crippen LogP) is 2.26. The molecule has 1 unspecified atom stereocenters. The topological polar surface area (TPSA) is 15.3 Å². The molecule has 0 aliphatic heterocycles. The van der Waals surface area contributed by atoms with E-state index in [1.165, 1.54) is 0 Å². The zero-order valence-electron chi connectivity index (χ0n) is 9.69. The van der Waals surface area contributed by atoms with E-state index in [0.717, 1.165) is 12.8 Å². The standard InChI is InChI=1S/C10H21F3N2/c1-4-5-9(2)15(3)7-6-14-8-10(11,12)13/h9,14H,4-8H2,1-3H3. The Labute approximate surface area is 89.8 Å². The molecular formula is C10H21F3N2. The zero-order chi connectivity index (χ0) is 11.9. The van der Waals surface area contributed by atoms with Crippen LogP contribution in [0.25, 0.3) is 0 Å². The van der Waals surface area contributed by atoms with Gasteiger partial charge in [-0.2, -0.15) is 13.2 Å². The Morgan fingerprint density at radius 3 is 2.40 bits per heavy atom. The van der Waals surface area contributed by atoms with Crippen LogP contribution in [0, 0.1) is 0 Å². The van der Waals surface area contributed by atoms with Crippen molar-refractivity contribution >= 4 is 0 Å². The third kappa shape index (κ3) is 8.69. The highest BCUT2D eigenvalue weighted by Gasteiger charge is 2.26. The van der Waals surface area contributed by atoms with Gasteiger partial charge >= 0.3 is 6.18 Å². The molecule has 0 amide bonds. The molecule has 0 bridgehead atoms. The highest BCUT2D eigenvalue weighted by atomic mass is 19.4. The van der Waals surface area contributed by atoms with Crippen LogP contribution in [-0.2, 0) is 0 Å². The van der Waals surface area contributed by atoms with E-state index in [1.54, 1.807) is 0 Å². The van der Waals surface area contributed by atoms with Gasteiger partial charge in [0.1, 0.15) is 0 Å². The summed E-state index contributed by atoms with van der Waals surface area (Å²) in [5.41, 5.74) is 0. The van der Waals surface area contributed by atoms with Crippen LogP contribution in [0.15, 0.2) is 0 Å². The van der Waals surface area contributed by atoms with Gasteiger partial charge in [0, 0.05) is 19.1 Å². The number of nitrogens with zero attached hydrogens (tertiary/aromatic N) is 1. The number of rotatable bonds is 7. The predicted molar refractivity (Wildman–Crippen MR) is 55.9 cm³/mol. The van der Waals surface area contributed by atoms with Gasteiger partial charge in [0.15, 0.2) is 0 Å². The Bertz CT molecular complexity index is 159. The molecular weight excluding hydrogens is 205 g/mol. The Morgan fingerprint density at radius 1 is 1.33 bits per heavy atom. The maximum atomic E-state index is 11.8. The van der Waals surface area contributed by atoms with E-state index in [1.807, 2.05) is 7.05 Å². The molecule has 15 heavy (non-hydrogen) atoms. The normalized spacial score (nSPS) is 14.6. The monoisotopic (exact) mass is 226 g/mol. The van der Waals surface area contributed by atoms with Crippen molar-refractivity contribution in [2.75, 3.05) is 26.7 Å². The van der Waals surface area contributed by atoms with Gasteiger partial charge < -0.3 is 10.2 Å². The lowest BCUT2D eigenvalue weighted by atomic mass is 10.2. The molecule has 0 aliphatic rings. The van der Waals surface area contributed by atoms with Gasteiger partial charge in [0.2, 0.25) is 0 Å². The van der Waals surface area contributed by atoms with Crippen LogP contribution >= 0.6 is 0 Å². The van der Waals surface area contributed by atoms with Crippen molar-refractivity contribution in [3.05, 3.63) is 0 Å². The van der Waals surface area contributed by atoms with E-state index in [2.05, 4.69) is 24.1 Å². The second kappa shape index (κ2) is 7.06. The molecule has 0 aromatic rings. The first-order valence-electron chi connectivity index (χ1n) is 5.34. The van der Waals surface area contributed by atoms with E-state index in [4.69, 9.17) is 0 Å². The molecule has 2 nitrogen and oxygen atoms in total. The van der Waals surface area contributed by atoms with Crippen molar-refractivity contribution in [3.63, 3.8) is 0 Å². The smallest absolute Gasteiger partial charge is 0.307 e. The van der Waals surface area contributed by atoms with Crippen molar-refractivity contribution in [1.29, 1.82) is 0 Å². The van der Waals surface area contributed by atoms with Crippen LogP contribution in [0.5, 0.6) is 0 Å². The van der Waals surface area contributed by atoms with Crippen molar-refractivity contribution < 1.29 is 13.2 Å². The summed E-state index contributed by atoms with van der Waals surface area (Å²) >= 11 is 0. The number of hydrogen-bond acceptors (Lipinski definition) is 2. The van der Waals surface area contributed by atoms with Crippen molar-refractivity contribution in [2.45, 2.75) is 38.9 Å². The molecule has 0 spiro atoms. The minimum atomic E-state index is -4.10. The van der Waals surface area contributed by atoms with Gasteiger partial charge in [-0.25, -0.2) is 0 Å². The van der Waals surface area contributed by atoms with Gasteiger partial charge in [-0.1, -0.05) is 13.3 Å². The lowest BCUT2D eigenvalue weighted by Crippen LogP contribution is -2.38. The third-order valence-electron chi connectivity index (χ3n) is 2.43. The van der Waals surface area contributed by atoms with Gasteiger partial charge in [-0.15, -0.1) is 0 Å². The highest BCUT2D eigenvalue weighted by molar-refractivity contribution is 4.64. The summed E-state index contributed by atoms with van der Waals surface area (Å²) in [6.45, 7) is 4.32. The molecule has 0 heterocycles. The SMILES string of the molecule is CCCC(C)N(C)CCNCC(F)(F)F. The second-order valence-corrected chi connectivity index (χ2v) is 3.91. The summed E-state index contributed by atoms with van der Waals surface area (Å²) in [6.07, 6.45) is -1.93. The Hall–Kier alpha value is -0.290. The van der Waals surface area contributed by atoms with E-state index in [0.29, 0.717) is 19.1 Å². The lowest BCUT2D eigenvalue weighted by Gasteiger charge is -2.24. The van der Waals surface area contributed by atoms with E-state index in [-0.39, 0.29) is 0 Å². The number of alkyl halides is 3. The van der Waals surface area contributed by atoms with Gasteiger partial charge in [0.05, 0.1) is 6.54 Å². The number of hydrogen-bond donors (Lipinski definition) is 1. The molecule has 0 aliphatic carbocycles. The van der Waals surface area contributed by atoms with Crippen molar-refractivity contribution in [2.24, 2.45) is 0 Å². The van der Waals surface area contributed by atoms with Crippen LogP contribution in [0.1, 0.15) is 26.7 Å². The van der Waals surface area contributed by atoms with Gasteiger partial charge in [-0.05, 0) is 20.4 Å². The van der Waals surface area contributed by atoms with E-state index < -0.39 is 12.7 Å². The zero-order valence-corrected chi connectivity index (χ0v) is 9.69. The van der Waals surface area contributed by atoms with Crippen molar-refractivity contribution in [1.82, 2.24) is 10.2 Å². The number of nitrogens with one attached hydrogen (secondary N) is 1. The third-order valence-corrected chi connectivity index (χ3v) is 2.43. The fourth-order valence-electron chi connectivity index (χ4n) is 1.34. The van der Waals surface area contributed by atoms with Gasteiger partial charge in [0.25, 0.3) is 0 Å². The second-order valence-electron chi connectivity index (χ2n) is 3.91. The van der Waals surface area contributed by atoms with E-state index in [9.17, 15) is 13.2 Å². The van der Waals surface area contributed by atoms with Crippen LogP contribution in [0.3, 0.4) is 0 Å². The average Bonchev–Trinajstić information content (AvgIpc) is 2.11.